The number of aliphatic imine (C=N–C) groups is 1. The normalized spacial score (nSPS) is 11.4. The summed E-state index contributed by atoms with van der Waals surface area (Å²) in [6.07, 6.45) is 2.87. The van der Waals surface area contributed by atoms with Gasteiger partial charge in [-0.2, -0.15) is 0 Å². The lowest BCUT2D eigenvalue weighted by molar-refractivity contribution is 0.128. The number of ether oxygens (including phenoxy) is 3. The predicted molar refractivity (Wildman–Crippen MR) is 120 cm³/mol. The summed E-state index contributed by atoms with van der Waals surface area (Å²) in [5.74, 6) is 3.27. The van der Waals surface area contributed by atoms with Crippen molar-refractivity contribution in [3.8, 4) is 17.4 Å². The fraction of sp³-hybridized carbons (Fsp3) is 0.478. The Kier molecular flexibility index (Phi) is 10.5. The minimum absolute atomic E-state index is 0.520. The van der Waals surface area contributed by atoms with Crippen LogP contribution in [0.4, 0.5) is 0 Å². The van der Waals surface area contributed by atoms with Crippen molar-refractivity contribution in [2.24, 2.45) is 10.9 Å². The lowest BCUT2D eigenvalue weighted by Gasteiger charge is -2.13. The number of para-hydroxylation sites is 2. The van der Waals surface area contributed by atoms with Crippen molar-refractivity contribution in [2.45, 2.75) is 33.7 Å². The van der Waals surface area contributed by atoms with E-state index in [0.717, 1.165) is 24.6 Å². The molecule has 0 atom stereocenters. The zero-order valence-corrected chi connectivity index (χ0v) is 18.5. The smallest absolute Gasteiger partial charge is 0.219 e. The lowest BCUT2D eigenvalue weighted by Crippen LogP contribution is -2.38. The summed E-state index contributed by atoms with van der Waals surface area (Å²) in [6.45, 7) is 9.68. The molecule has 1 aromatic carbocycles. The summed E-state index contributed by atoms with van der Waals surface area (Å²) < 4.78 is 17.0. The Morgan fingerprint density at radius 3 is 2.53 bits per heavy atom. The van der Waals surface area contributed by atoms with Crippen LogP contribution in [-0.2, 0) is 11.3 Å². The quantitative estimate of drug-likeness (QED) is 0.311. The van der Waals surface area contributed by atoms with E-state index in [4.69, 9.17) is 14.2 Å². The van der Waals surface area contributed by atoms with Crippen LogP contribution in [0.25, 0.3) is 0 Å². The molecule has 0 fully saturated rings. The molecule has 2 aromatic rings. The number of guanidine groups is 1. The van der Waals surface area contributed by atoms with Crippen LogP contribution in [-0.4, -0.2) is 44.4 Å². The van der Waals surface area contributed by atoms with Gasteiger partial charge in [0, 0.05) is 39.0 Å². The van der Waals surface area contributed by atoms with Gasteiger partial charge in [0.15, 0.2) is 17.5 Å². The van der Waals surface area contributed by atoms with Crippen molar-refractivity contribution in [3.63, 3.8) is 0 Å². The average molecular weight is 415 g/mol. The van der Waals surface area contributed by atoms with E-state index in [1.54, 1.807) is 13.2 Å². The number of nitrogens with zero attached hydrogens (tertiary/aromatic N) is 2. The highest BCUT2D eigenvalue weighted by Gasteiger charge is 2.06. The van der Waals surface area contributed by atoms with Crippen LogP contribution in [0.1, 0.15) is 32.8 Å². The molecule has 164 valence electrons. The van der Waals surface area contributed by atoms with Crippen LogP contribution >= 0.6 is 0 Å². The van der Waals surface area contributed by atoms with E-state index in [1.165, 1.54) is 0 Å². The van der Waals surface area contributed by atoms with Crippen LogP contribution in [0.15, 0.2) is 47.6 Å². The largest absolute Gasteiger partial charge is 0.490 e. The molecule has 2 N–H and O–H groups in total. The molecule has 0 aliphatic heterocycles. The monoisotopic (exact) mass is 414 g/mol. The third-order valence-electron chi connectivity index (χ3n) is 4.22. The first-order valence-electron chi connectivity index (χ1n) is 10.5. The summed E-state index contributed by atoms with van der Waals surface area (Å²) in [5, 5.41) is 6.52. The third kappa shape index (κ3) is 8.69. The van der Waals surface area contributed by atoms with Crippen molar-refractivity contribution < 1.29 is 14.2 Å². The van der Waals surface area contributed by atoms with Crippen molar-refractivity contribution >= 4 is 5.96 Å². The number of nitrogens with one attached hydrogen (secondary N) is 2. The summed E-state index contributed by atoms with van der Waals surface area (Å²) in [6, 6.07) is 11.4. The molecule has 30 heavy (non-hydrogen) atoms. The van der Waals surface area contributed by atoms with Crippen LogP contribution < -0.4 is 20.1 Å². The molecule has 0 amide bonds. The van der Waals surface area contributed by atoms with E-state index in [2.05, 4.69) is 34.5 Å². The molecule has 0 unspecified atom stereocenters. The predicted octanol–water partition coefficient (Wildman–Crippen LogP) is 4.00. The minimum atomic E-state index is 0.520. The number of benzene rings is 1. The SMILES string of the molecule is CCOc1ccccc1Oc1ccc(CNC(=NC)NCCOCCC(C)C)cn1. The van der Waals surface area contributed by atoms with Crippen molar-refractivity contribution in [2.75, 3.05) is 33.4 Å². The zero-order valence-electron chi connectivity index (χ0n) is 18.5. The number of rotatable bonds is 12. The Bertz CT molecular complexity index is 763. The molecule has 0 saturated carbocycles. The molecule has 2 rings (SSSR count). The molecule has 7 heteroatoms. The fourth-order valence-electron chi connectivity index (χ4n) is 2.57. The van der Waals surface area contributed by atoms with E-state index in [0.29, 0.717) is 49.6 Å². The van der Waals surface area contributed by atoms with Crippen LogP contribution in [0.2, 0.25) is 0 Å². The maximum Gasteiger partial charge on any atom is 0.219 e. The van der Waals surface area contributed by atoms with Gasteiger partial charge in [-0.1, -0.05) is 32.0 Å². The van der Waals surface area contributed by atoms with E-state index in [-0.39, 0.29) is 0 Å². The fourth-order valence-corrected chi connectivity index (χ4v) is 2.57. The van der Waals surface area contributed by atoms with E-state index in [9.17, 15) is 0 Å². The molecule has 0 radical (unpaired) electrons. The molecule has 7 nitrogen and oxygen atoms in total. The van der Waals surface area contributed by atoms with Gasteiger partial charge in [0.25, 0.3) is 0 Å². The molecular formula is C23H34N4O3. The van der Waals surface area contributed by atoms with Gasteiger partial charge in [-0.25, -0.2) is 4.98 Å². The second-order valence-corrected chi connectivity index (χ2v) is 7.13. The maximum atomic E-state index is 5.86. The standard InChI is InChI=1S/C23H34N4O3/c1-5-29-20-8-6-7-9-21(20)30-22-11-10-19(16-26-22)17-27-23(24-4)25-13-15-28-14-12-18(2)3/h6-11,16,18H,5,12-15,17H2,1-4H3,(H2,24,25,27). The van der Waals surface area contributed by atoms with Gasteiger partial charge in [0.05, 0.1) is 13.2 Å². The van der Waals surface area contributed by atoms with Crippen LogP contribution in [0.5, 0.6) is 17.4 Å². The van der Waals surface area contributed by atoms with Crippen molar-refractivity contribution in [3.05, 3.63) is 48.2 Å². The summed E-state index contributed by atoms with van der Waals surface area (Å²) in [7, 11) is 1.75. The second kappa shape index (κ2) is 13.4. The summed E-state index contributed by atoms with van der Waals surface area (Å²) in [5.41, 5.74) is 1.02. The minimum Gasteiger partial charge on any atom is -0.490 e. The van der Waals surface area contributed by atoms with Crippen LogP contribution in [0.3, 0.4) is 0 Å². The highest BCUT2D eigenvalue weighted by atomic mass is 16.5. The molecule has 0 bridgehead atoms. The first-order chi connectivity index (χ1) is 14.6. The zero-order chi connectivity index (χ0) is 21.6. The molecule has 0 saturated heterocycles. The second-order valence-electron chi connectivity index (χ2n) is 7.13. The van der Waals surface area contributed by atoms with Crippen LogP contribution in [0, 0.1) is 5.92 Å². The van der Waals surface area contributed by atoms with Gasteiger partial charge in [0.1, 0.15) is 0 Å². The molecule has 0 aliphatic rings. The van der Waals surface area contributed by atoms with Crippen molar-refractivity contribution in [1.29, 1.82) is 0 Å². The van der Waals surface area contributed by atoms with Gasteiger partial charge < -0.3 is 24.8 Å². The first-order valence-corrected chi connectivity index (χ1v) is 10.5. The van der Waals surface area contributed by atoms with Gasteiger partial charge in [0.2, 0.25) is 5.88 Å². The lowest BCUT2D eigenvalue weighted by atomic mass is 10.1. The Morgan fingerprint density at radius 1 is 1.07 bits per heavy atom. The molecule has 0 spiro atoms. The summed E-state index contributed by atoms with van der Waals surface area (Å²) in [4.78, 5) is 8.62. The Balaban J connectivity index is 1.76. The van der Waals surface area contributed by atoms with E-state index in [1.807, 2.05) is 43.3 Å². The number of pyridine rings is 1. The molecular weight excluding hydrogens is 380 g/mol. The highest BCUT2D eigenvalue weighted by molar-refractivity contribution is 5.79. The Morgan fingerprint density at radius 2 is 1.87 bits per heavy atom. The highest BCUT2D eigenvalue weighted by Crippen LogP contribution is 2.30. The summed E-state index contributed by atoms with van der Waals surface area (Å²) >= 11 is 0. The number of hydrogen-bond acceptors (Lipinski definition) is 5. The third-order valence-corrected chi connectivity index (χ3v) is 4.22. The molecule has 0 aliphatic carbocycles. The molecule has 1 heterocycles. The van der Waals surface area contributed by atoms with E-state index < -0.39 is 0 Å². The maximum absolute atomic E-state index is 5.86. The van der Waals surface area contributed by atoms with Gasteiger partial charge in [-0.05, 0) is 37.0 Å². The van der Waals surface area contributed by atoms with Gasteiger partial charge in [-0.15, -0.1) is 0 Å². The Hall–Kier alpha value is -2.80. The topological polar surface area (TPSA) is 77.0 Å². The Labute approximate surface area is 179 Å². The van der Waals surface area contributed by atoms with E-state index >= 15 is 0 Å². The number of hydrogen-bond donors (Lipinski definition) is 2. The van der Waals surface area contributed by atoms with Gasteiger partial charge in [-0.3, -0.25) is 4.99 Å². The average Bonchev–Trinajstić information content (AvgIpc) is 2.75. The first kappa shape index (κ1) is 23.5. The van der Waals surface area contributed by atoms with Crippen molar-refractivity contribution in [1.82, 2.24) is 15.6 Å². The number of aromatic nitrogens is 1. The van der Waals surface area contributed by atoms with Gasteiger partial charge >= 0.3 is 0 Å². The molecule has 1 aromatic heterocycles.